The van der Waals surface area contributed by atoms with Gasteiger partial charge in [0.2, 0.25) is 5.91 Å². The van der Waals surface area contributed by atoms with Crippen LogP contribution in [-0.2, 0) is 11.2 Å². The zero-order valence-corrected chi connectivity index (χ0v) is 11.0. The second-order valence-electron chi connectivity index (χ2n) is 4.81. The van der Waals surface area contributed by atoms with Gasteiger partial charge < -0.3 is 15.8 Å². The molecule has 0 saturated carbocycles. The fourth-order valence-corrected chi connectivity index (χ4v) is 2.46. The van der Waals surface area contributed by atoms with Crippen LogP contribution in [0.4, 0.5) is 0 Å². The van der Waals surface area contributed by atoms with Gasteiger partial charge >= 0.3 is 0 Å². The van der Waals surface area contributed by atoms with Gasteiger partial charge in [0.15, 0.2) is 5.84 Å². The topological polar surface area (TPSA) is 78.9 Å². The maximum absolute atomic E-state index is 12.5. The van der Waals surface area contributed by atoms with Crippen molar-refractivity contribution < 1.29 is 10.0 Å². The van der Waals surface area contributed by atoms with Gasteiger partial charge in [0.25, 0.3) is 0 Å². The molecule has 1 aliphatic carbocycles. The molecule has 5 nitrogen and oxygen atoms in total. The van der Waals surface area contributed by atoms with Gasteiger partial charge in [-0.25, -0.2) is 0 Å². The highest BCUT2D eigenvalue weighted by atomic mass is 16.4. The molecule has 0 bridgehead atoms. The monoisotopic (exact) mass is 261 g/mol. The van der Waals surface area contributed by atoms with Crippen LogP contribution in [0.15, 0.2) is 29.4 Å². The zero-order valence-electron chi connectivity index (χ0n) is 11.0. The largest absolute Gasteiger partial charge is 0.409 e. The standard InChI is InChI=1S/C14H19N3O2/c1-2-7-17(9-13(15)16-19)14(18)12-8-10-5-3-4-6-11(10)12/h3-6,12,19H,2,7-9H2,1H3,(H2,15,16). The van der Waals surface area contributed by atoms with Gasteiger partial charge in [-0.15, -0.1) is 0 Å². The summed E-state index contributed by atoms with van der Waals surface area (Å²) in [5.41, 5.74) is 7.84. The van der Waals surface area contributed by atoms with E-state index in [9.17, 15) is 4.79 Å². The Morgan fingerprint density at radius 2 is 2.26 bits per heavy atom. The lowest BCUT2D eigenvalue weighted by Crippen LogP contribution is -2.44. The first kappa shape index (κ1) is 13.4. The van der Waals surface area contributed by atoms with Crippen LogP contribution < -0.4 is 5.73 Å². The highest BCUT2D eigenvalue weighted by Gasteiger charge is 2.34. The first-order valence-corrected chi connectivity index (χ1v) is 6.50. The summed E-state index contributed by atoms with van der Waals surface area (Å²) in [7, 11) is 0. The first-order valence-electron chi connectivity index (χ1n) is 6.50. The number of hydrogen-bond donors (Lipinski definition) is 2. The van der Waals surface area contributed by atoms with Crippen molar-refractivity contribution in [1.82, 2.24) is 4.90 Å². The molecule has 1 amide bonds. The smallest absolute Gasteiger partial charge is 0.230 e. The van der Waals surface area contributed by atoms with E-state index in [1.165, 1.54) is 5.56 Å². The van der Waals surface area contributed by atoms with Gasteiger partial charge in [0.1, 0.15) is 0 Å². The quantitative estimate of drug-likeness (QED) is 0.363. The number of amides is 1. The predicted molar refractivity (Wildman–Crippen MR) is 73.2 cm³/mol. The van der Waals surface area contributed by atoms with Crippen LogP contribution in [0.5, 0.6) is 0 Å². The van der Waals surface area contributed by atoms with Crippen LogP contribution in [0.3, 0.4) is 0 Å². The summed E-state index contributed by atoms with van der Waals surface area (Å²) in [6, 6.07) is 7.98. The van der Waals surface area contributed by atoms with Crippen molar-refractivity contribution in [3.63, 3.8) is 0 Å². The van der Waals surface area contributed by atoms with Crippen LogP contribution in [0.2, 0.25) is 0 Å². The Morgan fingerprint density at radius 3 is 2.89 bits per heavy atom. The van der Waals surface area contributed by atoms with E-state index in [2.05, 4.69) is 5.16 Å². The van der Waals surface area contributed by atoms with Crippen molar-refractivity contribution in [1.29, 1.82) is 0 Å². The zero-order chi connectivity index (χ0) is 13.8. The molecule has 0 aromatic heterocycles. The van der Waals surface area contributed by atoms with Crippen LogP contribution in [0, 0.1) is 0 Å². The van der Waals surface area contributed by atoms with Crippen molar-refractivity contribution in [3.05, 3.63) is 35.4 Å². The fraction of sp³-hybridized carbons (Fsp3) is 0.429. The number of benzene rings is 1. The average Bonchev–Trinajstić information content (AvgIpc) is 2.39. The number of fused-ring (bicyclic) bond motifs is 1. The van der Waals surface area contributed by atoms with Gasteiger partial charge in [0, 0.05) is 6.54 Å². The number of nitrogens with zero attached hydrogens (tertiary/aromatic N) is 2. The Morgan fingerprint density at radius 1 is 1.53 bits per heavy atom. The number of carbonyl (C=O) groups is 1. The fourth-order valence-electron chi connectivity index (χ4n) is 2.46. The minimum absolute atomic E-state index is 0.0622. The van der Waals surface area contributed by atoms with Crippen molar-refractivity contribution in [3.8, 4) is 0 Å². The molecule has 5 heteroatoms. The Kier molecular flexibility index (Phi) is 4.04. The van der Waals surface area contributed by atoms with E-state index in [1.54, 1.807) is 4.90 Å². The summed E-state index contributed by atoms with van der Waals surface area (Å²) in [5.74, 6) is 0.0517. The Balaban J connectivity index is 2.09. The highest BCUT2D eigenvalue weighted by Crippen LogP contribution is 2.36. The third kappa shape index (κ3) is 2.70. The Hall–Kier alpha value is -2.04. The Bertz CT molecular complexity index is 499. The van der Waals surface area contributed by atoms with Crippen molar-refractivity contribution in [2.24, 2.45) is 10.9 Å². The van der Waals surface area contributed by atoms with Gasteiger partial charge in [-0.2, -0.15) is 0 Å². The number of amidine groups is 1. The number of hydrogen-bond acceptors (Lipinski definition) is 3. The lowest BCUT2D eigenvalue weighted by atomic mass is 9.77. The van der Waals surface area contributed by atoms with Gasteiger partial charge in [-0.1, -0.05) is 36.3 Å². The van der Waals surface area contributed by atoms with Crippen molar-refractivity contribution >= 4 is 11.7 Å². The van der Waals surface area contributed by atoms with Gasteiger partial charge in [-0.05, 0) is 24.0 Å². The van der Waals surface area contributed by atoms with E-state index in [0.29, 0.717) is 6.54 Å². The molecular formula is C14H19N3O2. The van der Waals surface area contributed by atoms with E-state index in [-0.39, 0.29) is 24.2 Å². The lowest BCUT2D eigenvalue weighted by Gasteiger charge is -2.33. The third-order valence-corrected chi connectivity index (χ3v) is 3.44. The molecule has 1 unspecified atom stereocenters. The molecule has 0 aliphatic heterocycles. The summed E-state index contributed by atoms with van der Waals surface area (Å²) in [4.78, 5) is 14.1. The first-order chi connectivity index (χ1) is 9.17. The van der Waals surface area contributed by atoms with Crippen LogP contribution >= 0.6 is 0 Å². The molecule has 1 aromatic rings. The summed E-state index contributed by atoms with van der Waals surface area (Å²) in [6.07, 6.45) is 1.63. The molecule has 0 saturated heterocycles. The Labute approximate surface area is 112 Å². The highest BCUT2D eigenvalue weighted by molar-refractivity contribution is 5.91. The molecule has 0 spiro atoms. The maximum atomic E-state index is 12.5. The SMILES string of the molecule is CCCN(CC(N)=NO)C(=O)C1Cc2ccccc21. The second-order valence-corrected chi connectivity index (χ2v) is 4.81. The number of carbonyl (C=O) groups excluding carboxylic acids is 1. The van der Waals surface area contributed by atoms with Gasteiger partial charge in [0.05, 0.1) is 12.5 Å². The molecule has 2 rings (SSSR count). The third-order valence-electron chi connectivity index (χ3n) is 3.44. The molecule has 3 N–H and O–H groups in total. The predicted octanol–water partition coefficient (Wildman–Crippen LogP) is 1.31. The maximum Gasteiger partial charge on any atom is 0.230 e. The molecule has 102 valence electrons. The lowest BCUT2D eigenvalue weighted by molar-refractivity contribution is -0.132. The summed E-state index contributed by atoms with van der Waals surface area (Å²) < 4.78 is 0. The van der Waals surface area contributed by atoms with Crippen molar-refractivity contribution in [2.75, 3.05) is 13.1 Å². The minimum Gasteiger partial charge on any atom is -0.409 e. The number of nitrogens with two attached hydrogens (primary N) is 1. The van der Waals surface area contributed by atoms with E-state index in [1.807, 2.05) is 31.2 Å². The van der Waals surface area contributed by atoms with Crippen molar-refractivity contribution in [2.45, 2.75) is 25.7 Å². The van der Waals surface area contributed by atoms with Crippen LogP contribution in [0.1, 0.15) is 30.4 Å². The van der Waals surface area contributed by atoms with Crippen LogP contribution in [-0.4, -0.2) is 34.9 Å². The molecular weight excluding hydrogens is 242 g/mol. The molecule has 1 aromatic carbocycles. The normalized spacial score (nSPS) is 17.5. The van der Waals surface area contributed by atoms with E-state index < -0.39 is 0 Å². The molecule has 19 heavy (non-hydrogen) atoms. The molecule has 0 radical (unpaired) electrons. The van der Waals surface area contributed by atoms with Crippen LogP contribution in [0.25, 0.3) is 0 Å². The summed E-state index contributed by atoms with van der Waals surface area (Å²) >= 11 is 0. The molecule has 0 heterocycles. The van der Waals surface area contributed by atoms with Gasteiger partial charge in [-0.3, -0.25) is 4.79 Å². The number of rotatable bonds is 5. The molecule has 0 fully saturated rings. The molecule has 1 aliphatic rings. The number of oxime groups is 1. The average molecular weight is 261 g/mol. The second kappa shape index (κ2) is 5.73. The minimum atomic E-state index is -0.0748. The van der Waals surface area contributed by atoms with E-state index in [4.69, 9.17) is 10.9 Å². The summed E-state index contributed by atoms with van der Waals surface area (Å²) in [5, 5.41) is 11.6. The van der Waals surface area contributed by atoms with E-state index in [0.717, 1.165) is 18.4 Å². The van der Waals surface area contributed by atoms with E-state index >= 15 is 0 Å². The summed E-state index contributed by atoms with van der Waals surface area (Å²) in [6.45, 7) is 2.80. The molecule has 1 atom stereocenters.